The number of carbonyl (C=O) groups excluding carboxylic acids is 1. The average Bonchev–Trinajstić information content (AvgIpc) is 3.06. The maximum atomic E-state index is 12.4. The molecule has 0 saturated carbocycles. The third-order valence-electron chi connectivity index (χ3n) is 3.79. The molecule has 1 aliphatic rings. The molecular formula is C15H19N3OS. The van der Waals surface area contributed by atoms with E-state index in [-0.39, 0.29) is 11.9 Å². The molecule has 0 radical (unpaired) electrons. The number of imidazole rings is 1. The van der Waals surface area contributed by atoms with Gasteiger partial charge in [0.15, 0.2) is 0 Å². The third kappa shape index (κ3) is 2.50. The zero-order valence-electron chi connectivity index (χ0n) is 11.8. The minimum absolute atomic E-state index is 0.0669. The van der Waals surface area contributed by atoms with Crippen molar-refractivity contribution < 1.29 is 4.79 Å². The number of carbonyl (C=O) groups is 1. The van der Waals surface area contributed by atoms with E-state index in [0.29, 0.717) is 5.92 Å². The van der Waals surface area contributed by atoms with E-state index >= 15 is 0 Å². The molecule has 0 saturated heterocycles. The van der Waals surface area contributed by atoms with Crippen molar-refractivity contribution in [3.8, 4) is 0 Å². The van der Waals surface area contributed by atoms with Crippen LogP contribution in [0.25, 0.3) is 0 Å². The van der Waals surface area contributed by atoms with E-state index in [1.807, 2.05) is 17.8 Å². The molecule has 2 aromatic rings. The fourth-order valence-corrected chi connectivity index (χ4v) is 3.65. The molecule has 1 atom stereocenters. The Morgan fingerprint density at radius 1 is 1.55 bits per heavy atom. The zero-order valence-corrected chi connectivity index (χ0v) is 12.6. The number of fused-ring (bicyclic) bond motifs is 1. The van der Waals surface area contributed by atoms with Gasteiger partial charge < -0.3 is 9.88 Å². The number of aryl methyl sites for hydroxylation is 1. The van der Waals surface area contributed by atoms with E-state index in [1.165, 1.54) is 11.3 Å². The Labute approximate surface area is 122 Å². The van der Waals surface area contributed by atoms with Crippen molar-refractivity contribution in [2.45, 2.75) is 45.2 Å². The number of amides is 1. The number of thiophene rings is 1. The first-order chi connectivity index (χ1) is 9.65. The van der Waals surface area contributed by atoms with E-state index in [1.54, 1.807) is 0 Å². The van der Waals surface area contributed by atoms with Crippen LogP contribution in [-0.2, 0) is 13.0 Å². The first-order valence-corrected chi connectivity index (χ1v) is 7.91. The number of hydrogen-bond acceptors (Lipinski definition) is 3. The fraction of sp³-hybridized carbons (Fsp3) is 0.467. The predicted molar refractivity (Wildman–Crippen MR) is 80.2 cm³/mol. The van der Waals surface area contributed by atoms with Gasteiger partial charge in [-0.05, 0) is 29.3 Å². The summed E-state index contributed by atoms with van der Waals surface area (Å²) in [5.74, 6) is 1.57. The summed E-state index contributed by atoms with van der Waals surface area (Å²) in [6.07, 6.45) is 5.71. The smallest absolute Gasteiger partial charge is 0.261 e. The van der Waals surface area contributed by atoms with E-state index in [2.05, 4.69) is 34.8 Å². The van der Waals surface area contributed by atoms with Crippen LogP contribution in [0.3, 0.4) is 0 Å². The molecule has 106 valence electrons. The highest BCUT2D eigenvalue weighted by atomic mass is 32.1. The predicted octanol–water partition coefficient (Wildman–Crippen LogP) is 2.81. The molecule has 3 rings (SSSR count). The molecule has 2 aromatic heterocycles. The summed E-state index contributed by atoms with van der Waals surface area (Å²) >= 11 is 1.53. The van der Waals surface area contributed by atoms with E-state index < -0.39 is 0 Å². The summed E-state index contributed by atoms with van der Waals surface area (Å²) in [7, 11) is 0. The zero-order chi connectivity index (χ0) is 14.1. The van der Waals surface area contributed by atoms with Crippen LogP contribution in [0.2, 0.25) is 0 Å². The first kappa shape index (κ1) is 13.4. The molecule has 0 bridgehead atoms. The lowest BCUT2D eigenvalue weighted by molar-refractivity contribution is 0.0930. The number of nitrogens with zero attached hydrogens (tertiary/aromatic N) is 2. The Kier molecular flexibility index (Phi) is 3.61. The van der Waals surface area contributed by atoms with Crippen molar-refractivity contribution in [3.05, 3.63) is 40.1 Å². The molecule has 5 heteroatoms. The normalized spacial score (nSPS) is 18.1. The van der Waals surface area contributed by atoms with Crippen molar-refractivity contribution in [1.82, 2.24) is 14.9 Å². The molecule has 0 aliphatic carbocycles. The summed E-state index contributed by atoms with van der Waals surface area (Å²) < 4.78 is 2.13. The van der Waals surface area contributed by atoms with Crippen LogP contribution < -0.4 is 5.32 Å². The van der Waals surface area contributed by atoms with Crippen molar-refractivity contribution in [2.75, 3.05) is 0 Å². The lowest BCUT2D eigenvalue weighted by Crippen LogP contribution is -2.40. The topological polar surface area (TPSA) is 46.9 Å². The van der Waals surface area contributed by atoms with Crippen LogP contribution in [0, 0.1) is 0 Å². The molecule has 0 fully saturated rings. The van der Waals surface area contributed by atoms with E-state index in [4.69, 9.17) is 0 Å². The first-order valence-electron chi connectivity index (χ1n) is 7.03. The summed E-state index contributed by atoms with van der Waals surface area (Å²) in [6.45, 7) is 5.07. The second-order valence-corrected chi connectivity index (χ2v) is 6.48. The lowest BCUT2D eigenvalue weighted by Gasteiger charge is -2.24. The molecule has 1 aliphatic heterocycles. The summed E-state index contributed by atoms with van der Waals surface area (Å²) in [6, 6.07) is 2.25. The monoisotopic (exact) mass is 289 g/mol. The van der Waals surface area contributed by atoms with Gasteiger partial charge in [-0.1, -0.05) is 13.8 Å². The van der Waals surface area contributed by atoms with Gasteiger partial charge in [0.25, 0.3) is 5.91 Å². The van der Waals surface area contributed by atoms with Gasteiger partial charge in [0, 0.05) is 31.4 Å². The molecule has 1 amide bonds. The Bertz CT molecular complexity index is 614. The maximum absolute atomic E-state index is 12.4. The Morgan fingerprint density at radius 2 is 2.40 bits per heavy atom. The Hall–Kier alpha value is -1.62. The molecule has 1 N–H and O–H groups in total. The lowest BCUT2D eigenvalue weighted by atomic mass is 10.0. The van der Waals surface area contributed by atoms with Gasteiger partial charge in [0.1, 0.15) is 5.82 Å². The molecule has 0 unspecified atom stereocenters. The van der Waals surface area contributed by atoms with Crippen molar-refractivity contribution in [1.29, 1.82) is 0 Å². The second kappa shape index (κ2) is 5.40. The molecule has 0 aromatic carbocycles. The summed E-state index contributed by atoms with van der Waals surface area (Å²) in [4.78, 5) is 17.6. The molecule has 20 heavy (non-hydrogen) atoms. The minimum Gasteiger partial charge on any atom is -0.347 e. The SMILES string of the molecule is CC(C)c1ccsc1C(=O)N[C@@H]1CCc2nccn2C1. The molecule has 3 heterocycles. The number of nitrogens with one attached hydrogen (secondary N) is 1. The van der Waals surface area contributed by atoms with E-state index in [9.17, 15) is 4.79 Å². The van der Waals surface area contributed by atoms with Crippen LogP contribution in [0.5, 0.6) is 0 Å². The van der Waals surface area contributed by atoms with Gasteiger partial charge in [-0.3, -0.25) is 4.79 Å². The van der Waals surface area contributed by atoms with Crippen molar-refractivity contribution in [2.24, 2.45) is 0 Å². The standard InChI is InChI=1S/C15H19N3OS/c1-10(2)12-5-8-20-14(12)15(19)17-11-3-4-13-16-6-7-18(13)9-11/h5-8,10-11H,3-4,9H2,1-2H3,(H,17,19)/t11-/m1/s1. The summed E-state index contributed by atoms with van der Waals surface area (Å²) in [5.41, 5.74) is 1.15. The highest BCUT2D eigenvalue weighted by Gasteiger charge is 2.23. The van der Waals surface area contributed by atoms with Crippen LogP contribution in [0.1, 0.15) is 47.2 Å². The van der Waals surface area contributed by atoms with Gasteiger partial charge in [0.05, 0.1) is 4.88 Å². The van der Waals surface area contributed by atoms with Crippen molar-refractivity contribution >= 4 is 17.2 Å². The van der Waals surface area contributed by atoms with Crippen LogP contribution in [0.15, 0.2) is 23.8 Å². The molecular weight excluding hydrogens is 270 g/mol. The van der Waals surface area contributed by atoms with E-state index in [0.717, 1.165) is 35.7 Å². The van der Waals surface area contributed by atoms with Crippen LogP contribution >= 0.6 is 11.3 Å². The maximum Gasteiger partial charge on any atom is 0.261 e. The van der Waals surface area contributed by atoms with Crippen molar-refractivity contribution in [3.63, 3.8) is 0 Å². The largest absolute Gasteiger partial charge is 0.347 e. The van der Waals surface area contributed by atoms with Gasteiger partial charge in [-0.15, -0.1) is 11.3 Å². The van der Waals surface area contributed by atoms with Crippen LogP contribution in [0.4, 0.5) is 0 Å². The van der Waals surface area contributed by atoms with Gasteiger partial charge in [-0.2, -0.15) is 0 Å². The quantitative estimate of drug-likeness (QED) is 0.944. The number of hydrogen-bond donors (Lipinski definition) is 1. The number of rotatable bonds is 3. The van der Waals surface area contributed by atoms with Gasteiger partial charge >= 0.3 is 0 Å². The van der Waals surface area contributed by atoms with Gasteiger partial charge in [-0.25, -0.2) is 4.98 Å². The summed E-state index contributed by atoms with van der Waals surface area (Å²) in [5, 5.41) is 5.17. The third-order valence-corrected chi connectivity index (χ3v) is 4.72. The molecule has 0 spiro atoms. The second-order valence-electron chi connectivity index (χ2n) is 5.56. The Balaban J connectivity index is 1.69. The highest BCUT2D eigenvalue weighted by molar-refractivity contribution is 7.12. The minimum atomic E-state index is 0.0669. The number of aromatic nitrogens is 2. The highest BCUT2D eigenvalue weighted by Crippen LogP contribution is 2.25. The Morgan fingerprint density at radius 3 is 3.20 bits per heavy atom. The average molecular weight is 289 g/mol. The van der Waals surface area contributed by atoms with Gasteiger partial charge in [0.2, 0.25) is 0 Å². The molecule has 4 nitrogen and oxygen atoms in total. The van der Waals surface area contributed by atoms with Crippen LogP contribution in [-0.4, -0.2) is 21.5 Å². The fourth-order valence-electron chi connectivity index (χ4n) is 2.69.